The van der Waals surface area contributed by atoms with Crippen molar-refractivity contribution < 1.29 is 4.42 Å². The lowest BCUT2D eigenvalue weighted by Gasteiger charge is -2.22. The Morgan fingerprint density at radius 2 is 1.47 bits per heavy atom. The van der Waals surface area contributed by atoms with Crippen LogP contribution in [0.15, 0.2) is 126 Å². The van der Waals surface area contributed by atoms with Gasteiger partial charge in [0.25, 0.3) is 0 Å². The number of para-hydroxylation sites is 2. The van der Waals surface area contributed by atoms with Crippen molar-refractivity contribution in [3.05, 3.63) is 144 Å². The number of fused-ring (bicyclic) bond motifs is 9. The molecule has 0 radical (unpaired) electrons. The van der Waals surface area contributed by atoms with Gasteiger partial charge in [0, 0.05) is 38.8 Å². The summed E-state index contributed by atoms with van der Waals surface area (Å²) in [6, 6.07) is 33.9. The van der Waals surface area contributed by atoms with E-state index in [1.165, 1.54) is 27.5 Å². The Kier molecular flexibility index (Phi) is 5.45. The van der Waals surface area contributed by atoms with Crippen molar-refractivity contribution >= 4 is 55.4 Å². The van der Waals surface area contributed by atoms with Crippen LogP contribution in [0.1, 0.15) is 41.1 Å². The van der Waals surface area contributed by atoms with Crippen molar-refractivity contribution in [1.29, 1.82) is 0 Å². The second-order valence-electron chi connectivity index (χ2n) is 11.5. The number of hydrogen-bond donors (Lipinski definition) is 0. The highest BCUT2D eigenvalue weighted by molar-refractivity contribution is 6.11. The second kappa shape index (κ2) is 9.64. The third kappa shape index (κ3) is 3.81. The largest absolute Gasteiger partial charge is 0.455 e. The summed E-state index contributed by atoms with van der Waals surface area (Å²) in [5, 5.41) is 4.78. The topological polar surface area (TPSA) is 38.9 Å². The first-order valence-electron chi connectivity index (χ1n) is 15.1. The summed E-state index contributed by atoms with van der Waals surface area (Å²) >= 11 is 0. The molecule has 0 fully saturated rings. The minimum atomic E-state index is 0.112. The van der Waals surface area contributed by atoms with Gasteiger partial charge >= 0.3 is 0 Å². The number of hydrogen-bond acceptors (Lipinski definition) is 3. The molecule has 0 amide bonds. The molecule has 0 spiro atoms. The Morgan fingerprint density at radius 3 is 2.33 bits per heavy atom. The lowest BCUT2D eigenvalue weighted by Crippen LogP contribution is -2.08. The highest BCUT2D eigenvalue weighted by Gasteiger charge is 2.24. The van der Waals surface area contributed by atoms with E-state index >= 15 is 0 Å². The average Bonchev–Trinajstić information content (AvgIpc) is 3.47. The highest BCUT2D eigenvalue weighted by Crippen LogP contribution is 2.41. The van der Waals surface area contributed by atoms with Crippen LogP contribution in [0.25, 0.3) is 66.7 Å². The van der Waals surface area contributed by atoms with Crippen LogP contribution in [-0.4, -0.2) is 9.97 Å². The van der Waals surface area contributed by atoms with E-state index in [2.05, 4.69) is 115 Å². The molecule has 0 aliphatic heterocycles. The summed E-state index contributed by atoms with van der Waals surface area (Å²) in [4.78, 5) is 10.9. The van der Waals surface area contributed by atoms with Crippen molar-refractivity contribution in [2.45, 2.75) is 25.2 Å². The zero-order chi connectivity index (χ0) is 28.3. The van der Waals surface area contributed by atoms with Crippen LogP contribution in [0.5, 0.6) is 0 Å². The number of aryl methyl sites for hydroxylation is 1. The number of furan rings is 1. The Balaban J connectivity index is 1.21. The smallest absolute Gasteiger partial charge is 0.143 e. The molecule has 1 atom stereocenters. The van der Waals surface area contributed by atoms with E-state index in [0.29, 0.717) is 0 Å². The molecule has 2 aliphatic carbocycles. The number of benzene rings is 5. The number of aromatic nitrogens is 2. The first-order valence-corrected chi connectivity index (χ1v) is 15.1. The summed E-state index contributed by atoms with van der Waals surface area (Å²) < 4.78 is 6.36. The summed E-state index contributed by atoms with van der Waals surface area (Å²) in [5.41, 5.74) is 11.9. The molecular weight excluding hydrogens is 524 g/mol. The van der Waals surface area contributed by atoms with Crippen LogP contribution >= 0.6 is 0 Å². The van der Waals surface area contributed by atoms with Crippen molar-refractivity contribution in [2.75, 3.05) is 0 Å². The SMILES string of the molecule is C1=Cc2c(c3ccccc3c3nc(-c4ccccc4)c(C4C=CC(c5cccc6c5oc5ccccc56)=CC4)nc23)CC1. The standard InChI is InChI=1S/C40H28N2O/c1-2-11-26(12-3-1)36-37(42-39-33-17-7-5-14-30(33)29-13-4-6-16-32(29)38(39)41-36)27-23-21-25(22-24-27)28-18-10-19-34-31-15-8-9-20-35(31)43-40(28)34/h1-4,6-13,15-23,27H,5,14,24H2. The van der Waals surface area contributed by atoms with Crippen molar-refractivity contribution in [1.82, 2.24) is 9.97 Å². The molecule has 0 saturated carbocycles. The lowest BCUT2D eigenvalue weighted by atomic mass is 9.87. The zero-order valence-corrected chi connectivity index (χ0v) is 23.6. The van der Waals surface area contributed by atoms with Crippen LogP contribution in [-0.2, 0) is 6.42 Å². The Bertz CT molecular complexity index is 2320. The summed E-state index contributed by atoms with van der Waals surface area (Å²) in [7, 11) is 0. The summed E-state index contributed by atoms with van der Waals surface area (Å²) in [5.74, 6) is 0.112. The third-order valence-electron chi connectivity index (χ3n) is 9.07. The molecule has 3 nitrogen and oxygen atoms in total. The molecule has 1 unspecified atom stereocenters. The molecule has 5 aromatic carbocycles. The molecule has 3 heteroatoms. The van der Waals surface area contributed by atoms with Crippen LogP contribution < -0.4 is 0 Å². The number of allylic oxidation sites excluding steroid dienone is 5. The fraction of sp³-hybridized carbons (Fsp3) is 0.100. The first kappa shape index (κ1) is 24.3. The second-order valence-corrected chi connectivity index (χ2v) is 11.5. The maximum Gasteiger partial charge on any atom is 0.143 e. The minimum absolute atomic E-state index is 0.112. The summed E-state index contributed by atoms with van der Waals surface area (Å²) in [6.07, 6.45) is 14.4. The number of nitrogens with zero attached hydrogens (tertiary/aromatic N) is 2. The molecule has 0 N–H and O–H groups in total. The van der Waals surface area contributed by atoms with Gasteiger partial charge in [-0.2, -0.15) is 0 Å². The van der Waals surface area contributed by atoms with Gasteiger partial charge in [-0.3, -0.25) is 0 Å². The maximum atomic E-state index is 6.36. The molecule has 9 rings (SSSR count). The molecule has 204 valence electrons. The van der Waals surface area contributed by atoms with E-state index in [1.807, 2.05) is 12.1 Å². The molecule has 43 heavy (non-hydrogen) atoms. The molecule has 7 aromatic rings. The fourth-order valence-corrected chi connectivity index (χ4v) is 7.01. The van der Waals surface area contributed by atoms with Crippen LogP contribution in [0, 0.1) is 0 Å². The summed E-state index contributed by atoms with van der Waals surface area (Å²) in [6.45, 7) is 0. The highest BCUT2D eigenvalue weighted by atomic mass is 16.3. The van der Waals surface area contributed by atoms with E-state index in [4.69, 9.17) is 14.4 Å². The third-order valence-corrected chi connectivity index (χ3v) is 9.07. The van der Waals surface area contributed by atoms with Crippen molar-refractivity contribution in [3.8, 4) is 11.3 Å². The van der Waals surface area contributed by atoms with Crippen LogP contribution in [0.2, 0.25) is 0 Å². The van der Waals surface area contributed by atoms with Gasteiger partial charge in [-0.15, -0.1) is 0 Å². The van der Waals surface area contributed by atoms with E-state index in [9.17, 15) is 0 Å². The van der Waals surface area contributed by atoms with Crippen LogP contribution in [0.3, 0.4) is 0 Å². The molecule has 2 aliphatic rings. The minimum Gasteiger partial charge on any atom is -0.455 e. The lowest BCUT2D eigenvalue weighted by molar-refractivity contribution is 0.667. The maximum absolute atomic E-state index is 6.36. The van der Waals surface area contributed by atoms with Gasteiger partial charge in [0.2, 0.25) is 0 Å². The van der Waals surface area contributed by atoms with E-state index in [-0.39, 0.29) is 5.92 Å². The zero-order valence-electron chi connectivity index (χ0n) is 23.6. The van der Waals surface area contributed by atoms with Gasteiger partial charge in [0.15, 0.2) is 0 Å². The Hall–Kier alpha value is -5.28. The van der Waals surface area contributed by atoms with Crippen molar-refractivity contribution in [3.63, 3.8) is 0 Å². The molecule has 0 bridgehead atoms. The van der Waals surface area contributed by atoms with Gasteiger partial charge < -0.3 is 4.42 Å². The molecular formula is C40H28N2O. The number of rotatable bonds is 3. The van der Waals surface area contributed by atoms with Crippen LogP contribution in [0.4, 0.5) is 0 Å². The molecule has 2 aromatic heterocycles. The quantitative estimate of drug-likeness (QED) is 0.205. The normalized spacial score (nSPS) is 16.3. The van der Waals surface area contributed by atoms with E-state index < -0.39 is 0 Å². The first-order chi connectivity index (χ1) is 21.3. The fourth-order valence-electron chi connectivity index (χ4n) is 7.01. The van der Waals surface area contributed by atoms with Gasteiger partial charge in [-0.05, 0) is 41.9 Å². The van der Waals surface area contributed by atoms with Gasteiger partial charge in [-0.1, -0.05) is 121 Å². The predicted molar refractivity (Wildman–Crippen MR) is 178 cm³/mol. The predicted octanol–water partition coefficient (Wildman–Crippen LogP) is 10.4. The van der Waals surface area contributed by atoms with Gasteiger partial charge in [0.1, 0.15) is 11.2 Å². The van der Waals surface area contributed by atoms with Gasteiger partial charge in [0.05, 0.1) is 22.4 Å². The average molecular weight is 553 g/mol. The Morgan fingerprint density at radius 1 is 0.674 bits per heavy atom. The molecule has 2 heterocycles. The van der Waals surface area contributed by atoms with E-state index in [0.717, 1.165) is 74.7 Å². The monoisotopic (exact) mass is 552 g/mol. The Labute approximate surface area is 249 Å². The van der Waals surface area contributed by atoms with E-state index in [1.54, 1.807) is 0 Å². The van der Waals surface area contributed by atoms with Gasteiger partial charge in [-0.25, -0.2) is 9.97 Å². The molecule has 0 saturated heterocycles. The van der Waals surface area contributed by atoms with Crippen molar-refractivity contribution in [2.24, 2.45) is 0 Å².